The van der Waals surface area contributed by atoms with Gasteiger partial charge >= 0.3 is 0 Å². The maximum absolute atomic E-state index is 12.5. The molecule has 1 fully saturated rings. The van der Waals surface area contributed by atoms with Gasteiger partial charge in [-0.1, -0.05) is 11.6 Å². The van der Waals surface area contributed by atoms with E-state index in [4.69, 9.17) is 22.1 Å². The van der Waals surface area contributed by atoms with Crippen LogP contribution in [0.3, 0.4) is 0 Å². The molecule has 3 N–H and O–H groups in total. The highest BCUT2D eigenvalue weighted by Crippen LogP contribution is 2.24. The Morgan fingerprint density at radius 2 is 2.40 bits per heavy atom. The van der Waals surface area contributed by atoms with E-state index in [9.17, 15) is 9.90 Å². The second kappa shape index (κ2) is 5.55. The third kappa shape index (κ3) is 3.20. The minimum atomic E-state index is -0.521. The summed E-state index contributed by atoms with van der Waals surface area (Å²) in [6.07, 6.45) is 0.964. The maximum Gasteiger partial charge on any atom is 0.256 e. The predicted octanol–water partition coefficient (Wildman–Crippen LogP) is 0.929. The van der Waals surface area contributed by atoms with Crippen molar-refractivity contribution in [2.45, 2.75) is 25.6 Å². The summed E-state index contributed by atoms with van der Waals surface area (Å²) in [6.45, 7) is 4.34. The highest BCUT2D eigenvalue weighted by molar-refractivity contribution is 6.29. The van der Waals surface area contributed by atoms with Crippen LogP contribution < -0.4 is 5.73 Å². The molecular weight excluding hydrogens is 282 g/mol. The fourth-order valence-electron chi connectivity index (χ4n) is 2.34. The van der Waals surface area contributed by atoms with Gasteiger partial charge in [-0.2, -0.15) is 0 Å². The number of hydrogen-bond acceptors (Lipinski definition) is 5. The number of hydrogen-bond donors (Lipinski definition) is 2. The lowest BCUT2D eigenvalue weighted by molar-refractivity contribution is -0.139. The Morgan fingerprint density at radius 1 is 1.70 bits per heavy atom. The lowest BCUT2D eigenvalue weighted by atomic mass is 10.0. The normalized spacial score (nSPS) is 21.8. The molecule has 1 unspecified atom stereocenters. The first-order chi connectivity index (χ1) is 9.32. The van der Waals surface area contributed by atoms with E-state index in [1.54, 1.807) is 4.90 Å². The first kappa shape index (κ1) is 15.0. The van der Waals surface area contributed by atoms with Gasteiger partial charge in [0.25, 0.3) is 5.91 Å². The van der Waals surface area contributed by atoms with Gasteiger partial charge in [0.2, 0.25) is 0 Å². The number of halogens is 1. The van der Waals surface area contributed by atoms with Gasteiger partial charge in [0.05, 0.1) is 35.8 Å². The van der Waals surface area contributed by atoms with Crippen molar-refractivity contribution in [3.63, 3.8) is 0 Å². The molecule has 1 atom stereocenters. The fourth-order valence-corrected chi connectivity index (χ4v) is 2.50. The van der Waals surface area contributed by atoms with Crippen molar-refractivity contribution in [3.8, 4) is 0 Å². The Hall–Kier alpha value is -1.37. The van der Waals surface area contributed by atoms with Crippen molar-refractivity contribution in [3.05, 3.63) is 23.0 Å². The molecule has 1 aliphatic heterocycles. The van der Waals surface area contributed by atoms with E-state index >= 15 is 0 Å². The molecule has 0 spiro atoms. The van der Waals surface area contributed by atoms with E-state index in [1.165, 1.54) is 12.3 Å². The van der Waals surface area contributed by atoms with Crippen LogP contribution >= 0.6 is 11.6 Å². The molecule has 1 aromatic rings. The standard InChI is InChI=1S/C13H18ClN3O3/c1-13(2)7-17(5-8(6-18)20-13)12(19)9-3-11(14)16-4-10(9)15/h3-4,8,18H,5-7,15H2,1-2H3. The van der Waals surface area contributed by atoms with Crippen molar-refractivity contribution < 1.29 is 14.6 Å². The van der Waals surface area contributed by atoms with Crippen LogP contribution in [0.1, 0.15) is 24.2 Å². The number of rotatable bonds is 2. The summed E-state index contributed by atoms with van der Waals surface area (Å²) in [6, 6.07) is 1.45. The van der Waals surface area contributed by atoms with Gasteiger partial charge < -0.3 is 20.5 Å². The number of carbonyl (C=O) groups excluding carboxylic acids is 1. The molecule has 0 saturated carbocycles. The molecule has 0 bridgehead atoms. The molecule has 0 radical (unpaired) electrons. The average Bonchev–Trinajstić information content (AvgIpc) is 2.38. The monoisotopic (exact) mass is 299 g/mol. The molecule has 1 aliphatic rings. The molecule has 20 heavy (non-hydrogen) atoms. The number of aromatic nitrogens is 1. The number of amides is 1. The lowest BCUT2D eigenvalue weighted by Crippen LogP contribution is -2.55. The number of morpholine rings is 1. The van der Waals surface area contributed by atoms with Gasteiger partial charge in [-0.3, -0.25) is 4.79 Å². The van der Waals surface area contributed by atoms with Crippen LogP contribution in [-0.2, 0) is 4.74 Å². The Kier molecular flexibility index (Phi) is 4.17. The van der Waals surface area contributed by atoms with Crippen LogP contribution in [0, 0.1) is 0 Å². The molecular formula is C13H18ClN3O3. The van der Waals surface area contributed by atoms with E-state index in [0.29, 0.717) is 18.7 Å². The number of aliphatic hydroxyl groups is 1. The van der Waals surface area contributed by atoms with Gasteiger partial charge in [0.15, 0.2) is 0 Å². The number of anilines is 1. The molecule has 2 rings (SSSR count). The van der Waals surface area contributed by atoms with Crippen molar-refractivity contribution in [2.75, 3.05) is 25.4 Å². The number of nitrogens with zero attached hydrogens (tertiary/aromatic N) is 2. The third-order valence-corrected chi connectivity index (χ3v) is 3.31. The first-order valence-corrected chi connectivity index (χ1v) is 6.69. The predicted molar refractivity (Wildman–Crippen MR) is 75.6 cm³/mol. The zero-order valence-corrected chi connectivity index (χ0v) is 12.2. The van der Waals surface area contributed by atoms with Crippen LogP contribution in [0.5, 0.6) is 0 Å². The summed E-state index contributed by atoms with van der Waals surface area (Å²) in [4.78, 5) is 18.0. The number of nitrogens with two attached hydrogens (primary N) is 1. The molecule has 2 heterocycles. The zero-order chi connectivity index (χ0) is 14.9. The maximum atomic E-state index is 12.5. The SMILES string of the molecule is CC1(C)CN(C(=O)c2cc(Cl)ncc2N)CC(CO)O1. The van der Waals surface area contributed by atoms with Crippen molar-refractivity contribution in [1.29, 1.82) is 0 Å². The molecule has 0 aliphatic carbocycles. The first-order valence-electron chi connectivity index (χ1n) is 6.31. The van der Waals surface area contributed by atoms with Crippen LogP contribution in [0.2, 0.25) is 5.15 Å². The summed E-state index contributed by atoms with van der Waals surface area (Å²) >= 11 is 5.81. The Morgan fingerprint density at radius 3 is 3.05 bits per heavy atom. The van der Waals surface area contributed by atoms with Gasteiger partial charge in [0.1, 0.15) is 5.15 Å². The second-order valence-corrected chi connectivity index (χ2v) is 5.85. The smallest absolute Gasteiger partial charge is 0.256 e. The van der Waals surface area contributed by atoms with E-state index in [2.05, 4.69) is 4.98 Å². The topological polar surface area (TPSA) is 88.7 Å². The molecule has 1 saturated heterocycles. The van der Waals surface area contributed by atoms with Crippen molar-refractivity contribution >= 4 is 23.2 Å². The summed E-state index contributed by atoms with van der Waals surface area (Å²) in [7, 11) is 0. The number of pyridine rings is 1. The van der Waals surface area contributed by atoms with Crippen LogP contribution in [0.4, 0.5) is 5.69 Å². The lowest BCUT2D eigenvalue weighted by Gasteiger charge is -2.42. The minimum Gasteiger partial charge on any atom is -0.397 e. The largest absolute Gasteiger partial charge is 0.397 e. The van der Waals surface area contributed by atoms with Crippen molar-refractivity contribution in [1.82, 2.24) is 9.88 Å². The number of aliphatic hydroxyl groups excluding tert-OH is 1. The third-order valence-electron chi connectivity index (χ3n) is 3.10. The summed E-state index contributed by atoms with van der Waals surface area (Å²) < 4.78 is 5.68. The molecule has 1 aromatic heterocycles. The van der Waals surface area contributed by atoms with Crippen LogP contribution in [0.15, 0.2) is 12.3 Å². The minimum absolute atomic E-state index is 0.139. The van der Waals surface area contributed by atoms with Gasteiger partial charge in [-0.05, 0) is 19.9 Å². The molecule has 7 heteroatoms. The fraction of sp³-hybridized carbons (Fsp3) is 0.538. The number of nitrogen functional groups attached to an aromatic ring is 1. The van der Waals surface area contributed by atoms with Gasteiger partial charge in [0, 0.05) is 13.1 Å². The Labute approximate surface area is 122 Å². The van der Waals surface area contributed by atoms with Crippen molar-refractivity contribution in [2.24, 2.45) is 0 Å². The highest BCUT2D eigenvalue weighted by atomic mass is 35.5. The average molecular weight is 300 g/mol. The summed E-state index contributed by atoms with van der Waals surface area (Å²) in [5, 5.41) is 9.49. The van der Waals surface area contributed by atoms with Gasteiger partial charge in [-0.25, -0.2) is 4.98 Å². The van der Waals surface area contributed by atoms with Gasteiger partial charge in [-0.15, -0.1) is 0 Å². The summed E-state index contributed by atoms with van der Waals surface area (Å²) in [5.74, 6) is -0.235. The second-order valence-electron chi connectivity index (χ2n) is 5.46. The molecule has 110 valence electrons. The number of carbonyl (C=O) groups is 1. The van der Waals surface area contributed by atoms with Crippen LogP contribution in [-0.4, -0.2) is 52.3 Å². The van der Waals surface area contributed by atoms with E-state index in [-0.39, 0.29) is 23.4 Å². The quantitative estimate of drug-likeness (QED) is 0.793. The van der Waals surface area contributed by atoms with E-state index in [0.717, 1.165) is 0 Å². The number of ether oxygens (including phenoxy) is 1. The molecule has 0 aromatic carbocycles. The zero-order valence-electron chi connectivity index (χ0n) is 11.5. The Bertz CT molecular complexity index is 522. The summed E-state index contributed by atoms with van der Waals surface area (Å²) in [5.41, 5.74) is 5.86. The van der Waals surface area contributed by atoms with E-state index < -0.39 is 11.7 Å². The van der Waals surface area contributed by atoms with E-state index in [1.807, 2.05) is 13.8 Å². The molecule has 1 amide bonds. The Balaban J connectivity index is 2.25. The highest BCUT2D eigenvalue weighted by Gasteiger charge is 2.36. The van der Waals surface area contributed by atoms with Crippen LogP contribution in [0.25, 0.3) is 0 Å². The molecule has 6 nitrogen and oxygen atoms in total.